The Morgan fingerprint density at radius 3 is 2.80 bits per heavy atom. The summed E-state index contributed by atoms with van der Waals surface area (Å²) in [6.07, 6.45) is 0.621. The van der Waals surface area contributed by atoms with Gasteiger partial charge in [-0.15, -0.1) is 0 Å². The zero-order valence-electron chi connectivity index (χ0n) is 10.7. The molecular formula is C14H11Cl2N3O. The average Bonchev–Trinajstić information content (AvgIpc) is 2.81. The fourth-order valence-electron chi connectivity index (χ4n) is 2.06. The molecule has 2 heterocycles. The summed E-state index contributed by atoms with van der Waals surface area (Å²) in [5, 5.41) is 0.668. The second-order valence-electron chi connectivity index (χ2n) is 4.30. The van der Waals surface area contributed by atoms with E-state index in [0.717, 1.165) is 22.7 Å². The van der Waals surface area contributed by atoms with Crippen LogP contribution in [-0.2, 0) is 6.42 Å². The van der Waals surface area contributed by atoms with E-state index in [-0.39, 0.29) is 5.15 Å². The number of para-hydroxylation sites is 1. The Kier molecular flexibility index (Phi) is 3.51. The van der Waals surface area contributed by atoms with Crippen molar-refractivity contribution in [2.24, 2.45) is 0 Å². The summed E-state index contributed by atoms with van der Waals surface area (Å²) >= 11 is 11.8. The summed E-state index contributed by atoms with van der Waals surface area (Å²) in [7, 11) is 1.65. The van der Waals surface area contributed by atoms with Gasteiger partial charge in [0.25, 0.3) is 0 Å². The largest absolute Gasteiger partial charge is 0.496 e. The highest BCUT2D eigenvalue weighted by atomic mass is 35.5. The number of rotatable bonds is 3. The molecule has 0 amide bonds. The van der Waals surface area contributed by atoms with Gasteiger partial charge in [0.15, 0.2) is 5.65 Å². The molecule has 6 heteroatoms. The van der Waals surface area contributed by atoms with Gasteiger partial charge in [0.05, 0.1) is 17.6 Å². The van der Waals surface area contributed by atoms with Crippen LogP contribution in [0.3, 0.4) is 0 Å². The molecule has 0 unspecified atom stereocenters. The van der Waals surface area contributed by atoms with Crippen molar-refractivity contribution in [2.75, 3.05) is 7.11 Å². The van der Waals surface area contributed by atoms with E-state index in [4.69, 9.17) is 27.9 Å². The van der Waals surface area contributed by atoms with Crippen LogP contribution in [0.4, 0.5) is 0 Å². The van der Waals surface area contributed by atoms with Gasteiger partial charge in [-0.2, -0.15) is 0 Å². The minimum atomic E-state index is 0.259. The standard InChI is InChI=1S/C14H11Cl2N3O/c1-20-11-5-3-2-4-8(11)6-12-17-10-7-9(15)13(16)19-14(10)18-12/h2-5,7H,6H2,1H3,(H,17,18,19). The molecule has 2 aromatic heterocycles. The monoisotopic (exact) mass is 307 g/mol. The molecule has 0 fully saturated rings. The molecule has 0 aliphatic carbocycles. The van der Waals surface area contributed by atoms with Gasteiger partial charge in [0.1, 0.15) is 16.7 Å². The van der Waals surface area contributed by atoms with Gasteiger partial charge in [-0.05, 0) is 12.1 Å². The maximum absolute atomic E-state index is 5.94. The first-order valence-electron chi connectivity index (χ1n) is 6.00. The summed E-state index contributed by atoms with van der Waals surface area (Å²) in [6.45, 7) is 0. The fourth-order valence-corrected chi connectivity index (χ4v) is 2.34. The maximum atomic E-state index is 5.94. The first kappa shape index (κ1) is 13.2. The van der Waals surface area contributed by atoms with Gasteiger partial charge >= 0.3 is 0 Å². The van der Waals surface area contributed by atoms with Crippen molar-refractivity contribution in [1.82, 2.24) is 15.0 Å². The van der Waals surface area contributed by atoms with Gasteiger partial charge in [0.2, 0.25) is 0 Å². The quantitative estimate of drug-likeness (QED) is 0.747. The lowest BCUT2D eigenvalue weighted by Crippen LogP contribution is -1.94. The van der Waals surface area contributed by atoms with E-state index in [1.807, 2.05) is 24.3 Å². The third-order valence-corrected chi connectivity index (χ3v) is 3.66. The van der Waals surface area contributed by atoms with E-state index in [2.05, 4.69) is 15.0 Å². The Balaban J connectivity index is 1.99. The number of hydrogen-bond donors (Lipinski definition) is 1. The maximum Gasteiger partial charge on any atom is 0.179 e. The van der Waals surface area contributed by atoms with Crippen LogP contribution in [0.25, 0.3) is 11.2 Å². The number of aromatic amines is 1. The number of pyridine rings is 1. The van der Waals surface area contributed by atoms with Gasteiger partial charge < -0.3 is 9.72 Å². The first-order chi connectivity index (χ1) is 9.67. The molecule has 102 valence electrons. The number of nitrogens with zero attached hydrogens (tertiary/aromatic N) is 2. The van der Waals surface area contributed by atoms with Crippen molar-refractivity contribution in [3.05, 3.63) is 51.9 Å². The number of aromatic nitrogens is 3. The summed E-state index contributed by atoms with van der Waals surface area (Å²) in [5.41, 5.74) is 2.37. The van der Waals surface area contributed by atoms with E-state index < -0.39 is 0 Å². The van der Waals surface area contributed by atoms with Crippen molar-refractivity contribution < 1.29 is 4.74 Å². The Morgan fingerprint density at radius 2 is 2.00 bits per heavy atom. The smallest absolute Gasteiger partial charge is 0.179 e. The summed E-state index contributed by atoms with van der Waals surface area (Å²) in [5.74, 6) is 1.62. The average molecular weight is 308 g/mol. The van der Waals surface area contributed by atoms with Gasteiger partial charge in [-0.1, -0.05) is 41.4 Å². The number of ether oxygens (including phenoxy) is 1. The molecular weight excluding hydrogens is 297 g/mol. The first-order valence-corrected chi connectivity index (χ1v) is 6.75. The van der Waals surface area contributed by atoms with Crippen molar-refractivity contribution >= 4 is 34.4 Å². The molecule has 3 aromatic rings. The number of imidazole rings is 1. The highest BCUT2D eigenvalue weighted by molar-refractivity contribution is 6.41. The normalized spacial score (nSPS) is 10.9. The molecule has 0 radical (unpaired) electrons. The highest BCUT2D eigenvalue weighted by Gasteiger charge is 2.10. The number of benzene rings is 1. The van der Waals surface area contributed by atoms with Crippen molar-refractivity contribution in [2.45, 2.75) is 6.42 Å². The van der Waals surface area contributed by atoms with Crippen molar-refractivity contribution in [1.29, 1.82) is 0 Å². The van der Waals surface area contributed by atoms with Crippen molar-refractivity contribution in [3.63, 3.8) is 0 Å². The van der Waals surface area contributed by atoms with E-state index in [1.165, 1.54) is 0 Å². The minimum absolute atomic E-state index is 0.259. The van der Waals surface area contributed by atoms with E-state index in [1.54, 1.807) is 13.2 Å². The number of hydrogen-bond acceptors (Lipinski definition) is 3. The Labute approximate surface area is 125 Å². The summed E-state index contributed by atoms with van der Waals surface area (Å²) < 4.78 is 5.33. The molecule has 0 saturated carbocycles. The number of nitrogens with one attached hydrogen (secondary N) is 1. The summed E-state index contributed by atoms with van der Waals surface area (Å²) in [4.78, 5) is 11.8. The van der Waals surface area contributed by atoms with Crippen LogP contribution in [0.5, 0.6) is 5.75 Å². The second kappa shape index (κ2) is 5.31. The van der Waals surface area contributed by atoms with Crippen LogP contribution in [0, 0.1) is 0 Å². The lowest BCUT2D eigenvalue weighted by Gasteiger charge is -2.05. The summed E-state index contributed by atoms with van der Waals surface area (Å²) in [6, 6.07) is 9.54. The highest BCUT2D eigenvalue weighted by Crippen LogP contribution is 2.25. The second-order valence-corrected chi connectivity index (χ2v) is 5.07. The van der Waals surface area contributed by atoms with Crippen LogP contribution < -0.4 is 4.74 Å². The lowest BCUT2D eigenvalue weighted by atomic mass is 10.1. The number of methoxy groups -OCH3 is 1. The molecule has 0 aliphatic heterocycles. The van der Waals surface area contributed by atoms with Gasteiger partial charge in [0, 0.05) is 12.0 Å². The third kappa shape index (κ3) is 2.44. The lowest BCUT2D eigenvalue weighted by molar-refractivity contribution is 0.410. The molecule has 0 aliphatic rings. The number of halogens is 2. The molecule has 0 bridgehead atoms. The van der Waals surface area contributed by atoms with Gasteiger partial charge in [-0.25, -0.2) is 9.97 Å². The molecule has 1 N–H and O–H groups in total. The molecule has 0 atom stereocenters. The Bertz CT molecular complexity index is 731. The van der Waals surface area contributed by atoms with Crippen molar-refractivity contribution in [3.8, 4) is 5.75 Å². The molecule has 20 heavy (non-hydrogen) atoms. The molecule has 1 aromatic carbocycles. The Hall–Kier alpha value is -1.78. The van der Waals surface area contributed by atoms with E-state index in [0.29, 0.717) is 17.1 Å². The molecule has 0 saturated heterocycles. The van der Waals surface area contributed by atoms with Gasteiger partial charge in [-0.3, -0.25) is 0 Å². The number of fused-ring (bicyclic) bond motifs is 1. The predicted molar refractivity (Wildman–Crippen MR) is 79.7 cm³/mol. The molecule has 0 spiro atoms. The molecule has 4 nitrogen and oxygen atoms in total. The van der Waals surface area contributed by atoms with Crippen LogP contribution in [-0.4, -0.2) is 22.1 Å². The zero-order valence-corrected chi connectivity index (χ0v) is 12.2. The third-order valence-electron chi connectivity index (χ3n) is 2.98. The molecule has 3 rings (SSSR count). The van der Waals surface area contributed by atoms with Crippen LogP contribution >= 0.6 is 23.2 Å². The fraction of sp³-hybridized carbons (Fsp3) is 0.143. The zero-order chi connectivity index (χ0) is 14.1. The van der Waals surface area contributed by atoms with Crippen LogP contribution in [0.2, 0.25) is 10.2 Å². The Morgan fingerprint density at radius 1 is 1.20 bits per heavy atom. The van der Waals surface area contributed by atoms with Crippen LogP contribution in [0.15, 0.2) is 30.3 Å². The van der Waals surface area contributed by atoms with Crippen LogP contribution in [0.1, 0.15) is 11.4 Å². The minimum Gasteiger partial charge on any atom is -0.496 e. The topological polar surface area (TPSA) is 50.8 Å². The van der Waals surface area contributed by atoms with E-state index in [9.17, 15) is 0 Å². The van der Waals surface area contributed by atoms with E-state index >= 15 is 0 Å². The SMILES string of the molecule is COc1ccccc1Cc1nc2nc(Cl)c(Cl)cc2[nH]1. The predicted octanol–water partition coefficient (Wildman–Crippen LogP) is 3.86. The number of H-pyrrole nitrogens is 1.